The Hall–Kier alpha value is -0.940. The van der Waals surface area contributed by atoms with E-state index in [9.17, 15) is 0 Å². The van der Waals surface area contributed by atoms with Gasteiger partial charge in [-0.1, -0.05) is 31.4 Å². The lowest BCUT2D eigenvalue weighted by molar-refractivity contribution is 0.157. The Labute approximate surface area is 122 Å². The van der Waals surface area contributed by atoms with Crippen LogP contribution in [0.5, 0.6) is 0 Å². The molecule has 114 valence electrons. The summed E-state index contributed by atoms with van der Waals surface area (Å²) in [6.07, 6.45) is 9.79. The molecule has 1 aromatic rings. The maximum atomic E-state index is 9.02. The number of aromatic nitrogens is 3. The Morgan fingerprint density at radius 3 is 3.00 bits per heavy atom. The van der Waals surface area contributed by atoms with Crippen LogP contribution in [0.25, 0.3) is 0 Å². The molecular weight excluding hydrogens is 252 g/mol. The first-order valence-electron chi connectivity index (χ1n) is 8.04. The summed E-state index contributed by atoms with van der Waals surface area (Å²) >= 11 is 0. The van der Waals surface area contributed by atoms with Crippen molar-refractivity contribution >= 4 is 0 Å². The Morgan fingerprint density at radius 2 is 2.25 bits per heavy atom. The maximum absolute atomic E-state index is 9.02. The number of unbranched alkanes of at least 4 members (excludes halogenated alkanes) is 3. The average molecular weight is 280 g/mol. The van der Waals surface area contributed by atoms with Crippen molar-refractivity contribution in [2.75, 3.05) is 19.6 Å². The van der Waals surface area contributed by atoms with Gasteiger partial charge in [-0.3, -0.25) is 4.68 Å². The fraction of sp³-hybridized carbons (Fsp3) is 0.867. The number of hydrogen-bond acceptors (Lipinski definition) is 4. The molecule has 1 saturated heterocycles. The van der Waals surface area contributed by atoms with Crippen LogP contribution in [-0.4, -0.2) is 44.6 Å². The third-order valence-electron chi connectivity index (χ3n) is 4.12. The first kappa shape index (κ1) is 15.4. The number of piperidine rings is 1. The number of aliphatic hydroxyl groups excluding tert-OH is 1. The topological polar surface area (TPSA) is 54.2 Å². The van der Waals surface area contributed by atoms with Crippen molar-refractivity contribution in [1.82, 2.24) is 19.9 Å². The molecule has 0 amide bonds. The summed E-state index contributed by atoms with van der Waals surface area (Å²) in [6, 6.07) is 0. The summed E-state index contributed by atoms with van der Waals surface area (Å²) in [6.45, 7) is 6.85. The molecule has 1 atom stereocenters. The maximum Gasteiger partial charge on any atom is 0.108 e. The Bertz CT molecular complexity index is 380. The molecule has 0 aliphatic carbocycles. The molecule has 0 aromatic carbocycles. The summed E-state index contributed by atoms with van der Waals surface area (Å²) in [5, 5.41) is 17.0. The standard InChI is InChI=1S/C15H28N4O/c1-2-3-4-5-8-18-9-6-7-14(10-18)11-19-12-15(13-20)16-17-19/h12,14,20H,2-11,13H2,1H3/t14-/m0/s1. The molecule has 0 saturated carbocycles. The van der Waals surface area contributed by atoms with E-state index >= 15 is 0 Å². The van der Waals surface area contributed by atoms with Gasteiger partial charge in [0.25, 0.3) is 0 Å². The lowest BCUT2D eigenvalue weighted by Crippen LogP contribution is -2.37. The van der Waals surface area contributed by atoms with Crippen LogP contribution in [0.2, 0.25) is 0 Å². The lowest BCUT2D eigenvalue weighted by atomic mass is 9.97. The van der Waals surface area contributed by atoms with Gasteiger partial charge in [0.15, 0.2) is 0 Å². The van der Waals surface area contributed by atoms with E-state index in [4.69, 9.17) is 5.11 Å². The molecule has 0 bridgehead atoms. The van der Waals surface area contributed by atoms with E-state index in [1.807, 2.05) is 10.9 Å². The van der Waals surface area contributed by atoms with Crippen LogP contribution in [0.4, 0.5) is 0 Å². The van der Waals surface area contributed by atoms with E-state index in [1.165, 1.54) is 58.2 Å². The molecule has 1 aliphatic rings. The molecule has 1 N–H and O–H groups in total. The summed E-state index contributed by atoms with van der Waals surface area (Å²) in [7, 11) is 0. The molecule has 2 rings (SSSR count). The first-order valence-corrected chi connectivity index (χ1v) is 8.04. The summed E-state index contributed by atoms with van der Waals surface area (Å²) in [5.74, 6) is 0.670. The predicted octanol–water partition coefficient (Wildman–Crippen LogP) is 2.06. The fourth-order valence-corrected chi connectivity index (χ4v) is 3.03. The van der Waals surface area contributed by atoms with E-state index in [0.29, 0.717) is 11.6 Å². The van der Waals surface area contributed by atoms with Crippen LogP contribution in [0.15, 0.2) is 6.20 Å². The molecule has 5 nitrogen and oxygen atoms in total. The fourth-order valence-electron chi connectivity index (χ4n) is 3.03. The van der Waals surface area contributed by atoms with Crippen LogP contribution < -0.4 is 0 Å². The van der Waals surface area contributed by atoms with Gasteiger partial charge in [0.05, 0.1) is 12.8 Å². The average Bonchev–Trinajstić information content (AvgIpc) is 2.92. The van der Waals surface area contributed by atoms with Gasteiger partial charge in [-0.15, -0.1) is 5.10 Å². The van der Waals surface area contributed by atoms with Gasteiger partial charge in [0.2, 0.25) is 0 Å². The molecule has 2 heterocycles. The van der Waals surface area contributed by atoms with Crippen LogP contribution in [0.3, 0.4) is 0 Å². The van der Waals surface area contributed by atoms with E-state index in [0.717, 1.165) is 6.54 Å². The highest BCUT2D eigenvalue weighted by Crippen LogP contribution is 2.18. The second-order valence-corrected chi connectivity index (χ2v) is 5.96. The van der Waals surface area contributed by atoms with Gasteiger partial charge in [0, 0.05) is 13.1 Å². The molecule has 1 fully saturated rings. The van der Waals surface area contributed by atoms with E-state index in [-0.39, 0.29) is 6.61 Å². The zero-order valence-electron chi connectivity index (χ0n) is 12.7. The van der Waals surface area contributed by atoms with E-state index in [1.54, 1.807) is 0 Å². The molecule has 0 unspecified atom stereocenters. The molecule has 0 spiro atoms. The van der Waals surface area contributed by atoms with Gasteiger partial charge in [-0.2, -0.15) is 0 Å². The van der Waals surface area contributed by atoms with Crippen LogP contribution >= 0.6 is 0 Å². The number of aliphatic hydroxyl groups is 1. The van der Waals surface area contributed by atoms with Crippen LogP contribution in [0, 0.1) is 5.92 Å². The van der Waals surface area contributed by atoms with E-state index in [2.05, 4.69) is 22.1 Å². The summed E-state index contributed by atoms with van der Waals surface area (Å²) in [5.41, 5.74) is 0.664. The van der Waals surface area contributed by atoms with Gasteiger partial charge >= 0.3 is 0 Å². The van der Waals surface area contributed by atoms with Crippen molar-refractivity contribution in [2.24, 2.45) is 5.92 Å². The molecule has 0 radical (unpaired) electrons. The third-order valence-corrected chi connectivity index (χ3v) is 4.12. The smallest absolute Gasteiger partial charge is 0.108 e. The predicted molar refractivity (Wildman–Crippen MR) is 79.3 cm³/mol. The minimum absolute atomic E-state index is 0.0196. The number of hydrogen-bond donors (Lipinski definition) is 1. The van der Waals surface area contributed by atoms with Crippen molar-refractivity contribution in [3.63, 3.8) is 0 Å². The van der Waals surface area contributed by atoms with E-state index < -0.39 is 0 Å². The van der Waals surface area contributed by atoms with Gasteiger partial charge < -0.3 is 10.0 Å². The molecule has 20 heavy (non-hydrogen) atoms. The van der Waals surface area contributed by atoms with Gasteiger partial charge in [0.1, 0.15) is 5.69 Å². The molecule has 1 aliphatic heterocycles. The molecular formula is C15H28N4O. The highest BCUT2D eigenvalue weighted by atomic mass is 16.3. The third kappa shape index (κ3) is 4.87. The minimum atomic E-state index is -0.0196. The zero-order chi connectivity index (χ0) is 14.2. The Kier molecular flexibility index (Phi) is 6.47. The Morgan fingerprint density at radius 1 is 1.35 bits per heavy atom. The monoisotopic (exact) mass is 280 g/mol. The summed E-state index contributed by atoms with van der Waals surface area (Å²) < 4.78 is 1.89. The summed E-state index contributed by atoms with van der Waals surface area (Å²) in [4.78, 5) is 2.60. The molecule has 1 aromatic heterocycles. The minimum Gasteiger partial charge on any atom is -0.390 e. The van der Waals surface area contributed by atoms with Crippen molar-refractivity contribution < 1.29 is 5.11 Å². The van der Waals surface area contributed by atoms with Crippen molar-refractivity contribution in [2.45, 2.75) is 58.6 Å². The Balaban J connectivity index is 1.72. The van der Waals surface area contributed by atoms with Crippen molar-refractivity contribution in [3.8, 4) is 0 Å². The number of likely N-dealkylation sites (tertiary alicyclic amines) is 1. The highest BCUT2D eigenvalue weighted by Gasteiger charge is 2.20. The largest absolute Gasteiger partial charge is 0.390 e. The number of nitrogens with zero attached hydrogens (tertiary/aromatic N) is 4. The normalized spacial score (nSPS) is 20.4. The zero-order valence-corrected chi connectivity index (χ0v) is 12.7. The van der Waals surface area contributed by atoms with Crippen LogP contribution in [0.1, 0.15) is 51.1 Å². The second-order valence-electron chi connectivity index (χ2n) is 5.96. The molecule has 5 heteroatoms. The SMILES string of the molecule is CCCCCCN1CCC[C@H](Cn2cc(CO)nn2)C1. The quantitative estimate of drug-likeness (QED) is 0.741. The van der Waals surface area contributed by atoms with Gasteiger partial charge in [-0.05, 0) is 38.3 Å². The van der Waals surface area contributed by atoms with Crippen LogP contribution in [-0.2, 0) is 13.2 Å². The number of rotatable bonds is 8. The highest BCUT2D eigenvalue weighted by molar-refractivity contribution is 4.89. The van der Waals surface area contributed by atoms with Crippen molar-refractivity contribution in [3.05, 3.63) is 11.9 Å². The van der Waals surface area contributed by atoms with Crippen molar-refractivity contribution in [1.29, 1.82) is 0 Å². The first-order chi connectivity index (χ1) is 9.81. The van der Waals surface area contributed by atoms with Gasteiger partial charge in [-0.25, -0.2) is 0 Å². The second kappa shape index (κ2) is 8.37. The lowest BCUT2D eigenvalue weighted by Gasteiger charge is -2.32.